The molecule has 2 N–H and O–H groups in total. The zero-order valence-electron chi connectivity index (χ0n) is 27.4. The lowest BCUT2D eigenvalue weighted by Crippen LogP contribution is -2.49. The van der Waals surface area contributed by atoms with E-state index < -0.39 is 31.6 Å². The van der Waals surface area contributed by atoms with Gasteiger partial charge in [0.25, 0.3) is 0 Å². The zero-order chi connectivity index (χ0) is 34.6. The van der Waals surface area contributed by atoms with Crippen LogP contribution in [0.2, 0.25) is 25.7 Å². The number of carbonyl (C=O) groups excluding carboxylic acids is 1. The normalized spacial score (nSPS) is 13.7. The lowest BCUT2D eigenvalue weighted by Gasteiger charge is -2.26. The van der Waals surface area contributed by atoms with Crippen molar-refractivity contribution in [2.75, 3.05) is 25.1 Å². The van der Waals surface area contributed by atoms with Gasteiger partial charge in [0.1, 0.15) is 41.3 Å². The van der Waals surface area contributed by atoms with Crippen molar-refractivity contribution in [1.29, 1.82) is 5.26 Å². The van der Waals surface area contributed by atoms with E-state index in [9.17, 15) is 23.2 Å². The van der Waals surface area contributed by atoms with E-state index in [4.69, 9.17) is 18.9 Å². The van der Waals surface area contributed by atoms with Crippen LogP contribution >= 0.6 is 0 Å². The van der Waals surface area contributed by atoms with E-state index in [0.29, 0.717) is 53.3 Å². The van der Waals surface area contributed by atoms with Gasteiger partial charge in [-0.3, -0.25) is 0 Å². The molecule has 1 aliphatic heterocycles. The van der Waals surface area contributed by atoms with Gasteiger partial charge in [-0.1, -0.05) is 25.7 Å². The van der Waals surface area contributed by atoms with Crippen LogP contribution < -0.4 is 20.1 Å². The molecule has 0 aliphatic carbocycles. The Hall–Kier alpha value is -4.58. The number of nitrogens with zero attached hydrogens (tertiary/aromatic N) is 3. The number of urea groups is 1. The predicted molar refractivity (Wildman–Crippen MR) is 178 cm³/mol. The monoisotopic (exact) mass is 681 g/mol. The number of halogens is 3. The Morgan fingerprint density at radius 2 is 1.88 bits per heavy atom. The maximum absolute atomic E-state index is 14.4. The first-order valence-corrected chi connectivity index (χ1v) is 19.2. The van der Waals surface area contributed by atoms with Crippen LogP contribution in [0.5, 0.6) is 17.2 Å². The van der Waals surface area contributed by atoms with Gasteiger partial charge in [0, 0.05) is 38.3 Å². The number of nitriles is 1. The molecular weight excluding hydrogens is 643 g/mol. The molecule has 1 fully saturated rings. The highest BCUT2D eigenvalue weighted by molar-refractivity contribution is 6.76. The van der Waals surface area contributed by atoms with Crippen LogP contribution in [-0.4, -0.2) is 55.6 Å². The number of rotatable bonds is 12. The fraction of sp³-hybridized carbons (Fsp3) is 0.382. The Morgan fingerprint density at radius 1 is 1.12 bits per heavy atom. The molecule has 0 spiro atoms. The fourth-order valence-corrected chi connectivity index (χ4v) is 5.74. The second-order valence-electron chi connectivity index (χ2n) is 13.0. The van der Waals surface area contributed by atoms with Crippen LogP contribution in [0.4, 0.5) is 23.7 Å². The highest BCUT2D eigenvalue weighted by Gasteiger charge is 2.35. The molecule has 2 aromatic heterocycles. The SMILES string of the molecule is CC(C)Oc1ccc(-c2cn(COCC[Si](C)(C)C)c3nccc(Oc4ccc(NC(=O)NC5COC5)cc4C(F)(F)F)c23)cc1C#N. The molecule has 14 heteroatoms. The van der Waals surface area contributed by atoms with Crippen LogP contribution in [0.3, 0.4) is 0 Å². The highest BCUT2D eigenvalue weighted by Crippen LogP contribution is 2.43. The molecule has 0 bridgehead atoms. The van der Waals surface area contributed by atoms with Crippen molar-refractivity contribution < 1.29 is 36.9 Å². The van der Waals surface area contributed by atoms with Gasteiger partial charge in [-0.05, 0) is 61.9 Å². The molecule has 10 nitrogen and oxygen atoms in total. The third kappa shape index (κ3) is 8.46. The van der Waals surface area contributed by atoms with Crippen LogP contribution in [-0.2, 0) is 22.4 Å². The van der Waals surface area contributed by atoms with Crippen LogP contribution in [0.1, 0.15) is 25.0 Å². The number of pyridine rings is 1. The molecule has 1 saturated heterocycles. The van der Waals surface area contributed by atoms with Crippen LogP contribution in [0.25, 0.3) is 22.2 Å². The predicted octanol–water partition coefficient (Wildman–Crippen LogP) is 8.01. The molecule has 254 valence electrons. The second-order valence-corrected chi connectivity index (χ2v) is 18.6. The van der Waals surface area contributed by atoms with Gasteiger partial charge in [-0.25, -0.2) is 9.78 Å². The Labute approximate surface area is 277 Å². The summed E-state index contributed by atoms with van der Waals surface area (Å²) >= 11 is 0. The summed E-state index contributed by atoms with van der Waals surface area (Å²) in [5.74, 6) is 0.0742. The molecule has 2 aromatic carbocycles. The summed E-state index contributed by atoms with van der Waals surface area (Å²) in [6.45, 7) is 11.9. The van der Waals surface area contributed by atoms with E-state index in [1.54, 1.807) is 29.0 Å². The molecule has 0 saturated carbocycles. The van der Waals surface area contributed by atoms with E-state index in [-0.39, 0.29) is 30.3 Å². The minimum Gasteiger partial charge on any atom is -0.490 e. The van der Waals surface area contributed by atoms with E-state index in [1.807, 2.05) is 13.8 Å². The maximum Gasteiger partial charge on any atom is 0.420 e. The van der Waals surface area contributed by atoms with Crippen molar-refractivity contribution in [2.45, 2.75) is 64.6 Å². The number of anilines is 1. The lowest BCUT2D eigenvalue weighted by molar-refractivity contribution is -0.138. The van der Waals surface area contributed by atoms with Crippen molar-refractivity contribution in [3.8, 4) is 34.4 Å². The Kier molecular flexibility index (Phi) is 10.3. The second kappa shape index (κ2) is 14.3. The number of alkyl halides is 3. The smallest absolute Gasteiger partial charge is 0.420 e. The van der Waals surface area contributed by atoms with Gasteiger partial charge in [-0.2, -0.15) is 18.4 Å². The molecule has 48 heavy (non-hydrogen) atoms. The lowest BCUT2D eigenvalue weighted by atomic mass is 10.0. The standard InChI is InChI=1S/C34H38F3N5O5Si/c1-21(2)46-28-8-6-22(14-23(28)16-38)26-17-42(20-44-12-13-48(3,4)5)32-31(26)30(10-11-39-32)47-29-9-7-24(15-27(29)34(35,36)37)40-33(43)41-25-18-45-19-25/h6-11,14-15,17,21,25H,12-13,18-20H2,1-5H3,(H2,40,41,43). The van der Waals surface area contributed by atoms with Gasteiger partial charge in [-0.15, -0.1) is 0 Å². The molecule has 1 aliphatic rings. The molecule has 0 radical (unpaired) electrons. The van der Waals surface area contributed by atoms with Crippen molar-refractivity contribution in [2.24, 2.45) is 0 Å². The minimum atomic E-state index is -4.80. The summed E-state index contributed by atoms with van der Waals surface area (Å²) in [5.41, 5.74) is 0.802. The van der Waals surface area contributed by atoms with Gasteiger partial charge in [0.05, 0.1) is 36.3 Å². The number of nitrogens with one attached hydrogen (secondary N) is 2. The summed E-state index contributed by atoms with van der Waals surface area (Å²) in [6, 6.07) is 12.3. The summed E-state index contributed by atoms with van der Waals surface area (Å²) in [4.78, 5) is 16.8. The third-order valence-electron chi connectivity index (χ3n) is 7.46. The van der Waals surface area contributed by atoms with Crippen LogP contribution in [0, 0.1) is 11.3 Å². The zero-order valence-corrected chi connectivity index (χ0v) is 28.4. The number of hydrogen-bond acceptors (Lipinski definition) is 7. The van der Waals surface area contributed by atoms with Crippen molar-refractivity contribution in [3.63, 3.8) is 0 Å². The topological polar surface area (TPSA) is 120 Å². The number of fused-ring (bicyclic) bond motifs is 1. The first-order valence-electron chi connectivity index (χ1n) is 15.5. The average Bonchev–Trinajstić information content (AvgIpc) is 3.36. The van der Waals surface area contributed by atoms with Gasteiger partial charge >= 0.3 is 12.2 Å². The molecule has 2 amide bonds. The largest absolute Gasteiger partial charge is 0.490 e. The fourth-order valence-electron chi connectivity index (χ4n) is 4.98. The first kappa shape index (κ1) is 34.7. The summed E-state index contributed by atoms with van der Waals surface area (Å²) in [6.07, 6.45) is -1.71. The van der Waals surface area contributed by atoms with Crippen molar-refractivity contribution in [3.05, 3.63) is 66.0 Å². The Balaban J connectivity index is 1.54. The quantitative estimate of drug-likeness (QED) is 0.115. The third-order valence-corrected chi connectivity index (χ3v) is 9.16. The average molecular weight is 682 g/mol. The van der Waals surface area contributed by atoms with Gasteiger partial charge in [0.15, 0.2) is 0 Å². The Morgan fingerprint density at radius 3 is 2.52 bits per heavy atom. The molecule has 0 unspecified atom stereocenters. The van der Waals surface area contributed by atoms with E-state index in [1.165, 1.54) is 24.4 Å². The molecule has 3 heterocycles. The number of hydrogen-bond donors (Lipinski definition) is 2. The maximum atomic E-state index is 14.4. The van der Waals surface area contributed by atoms with E-state index in [0.717, 1.165) is 12.1 Å². The summed E-state index contributed by atoms with van der Waals surface area (Å²) < 4.78 is 67.8. The molecule has 4 aromatic rings. The minimum absolute atomic E-state index is 0.0534. The number of amides is 2. The molecule has 0 atom stereocenters. The first-order chi connectivity index (χ1) is 22.7. The summed E-state index contributed by atoms with van der Waals surface area (Å²) in [5, 5.41) is 15.4. The molecule has 5 rings (SSSR count). The molecular formula is C34H38F3N5O5Si. The Bertz CT molecular complexity index is 1830. The van der Waals surface area contributed by atoms with E-state index in [2.05, 4.69) is 41.3 Å². The van der Waals surface area contributed by atoms with Crippen LogP contribution in [0.15, 0.2) is 54.9 Å². The highest BCUT2D eigenvalue weighted by atomic mass is 28.3. The number of ether oxygens (including phenoxy) is 4. The van der Waals surface area contributed by atoms with E-state index >= 15 is 0 Å². The van der Waals surface area contributed by atoms with Gasteiger partial charge < -0.3 is 34.1 Å². The van der Waals surface area contributed by atoms with Crippen molar-refractivity contribution in [1.82, 2.24) is 14.9 Å². The summed E-state index contributed by atoms with van der Waals surface area (Å²) in [7, 11) is -1.35. The number of aromatic nitrogens is 2. The van der Waals surface area contributed by atoms with Crippen molar-refractivity contribution >= 4 is 30.8 Å². The number of carbonyl (C=O) groups is 1. The number of benzene rings is 2. The van der Waals surface area contributed by atoms with Gasteiger partial charge in [0.2, 0.25) is 0 Å².